The van der Waals surface area contributed by atoms with E-state index >= 15 is 0 Å². The zero-order valence-corrected chi connectivity index (χ0v) is 16.8. The molecule has 0 bridgehead atoms. The first-order valence-electron chi connectivity index (χ1n) is 10.2. The molecule has 0 aliphatic carbocycles. The van der Waals surface area contributed by atoms with E-state index < -0.39 is 0 Å². The van der Waals surface area contributed by atoms with Gasteiger partial charge in [0, 0.05) is 45.3 Å². The Kier molecular flexibility index (Phi) is 5.93. The minimum absolute atomic E-state index is 0.0379. The second kappa shape index (κ2) is 8.94. The highest BCUT2D eigenvalue weighted by atomic mass is 16.5. The van der Waals surface area contributed by atoms with Gasteiger partial charge in [0.05, 0.1) is 7.11 Å². The Morgan fingerprint density at radius 1 is 0.862 bits per heavy atom. The Morgan fingerprint density at radius 2 is 1.45 bits per heavy atom. The van der Waals surface area contributed by atoms with E-state index in [0.717, 1.165) is 49.1 Å². The quantitative estimate of drug-likeness (QED) is 0.727. The van der Waals surface area contributed by atoms with Gasteiger partial charge in [-0.3, -0.25) is 4.79 Å². The summed E-state index contributed by atoms with van der Waals surface area (Å²) in [5, 5.41) is 8.81. The van der Waals surface area contributed by atoms with Crippen LogP contribution >= 0.6 is 0 Å². The van der Waals surface area contributed by atoms with Crippen molar-refractivity contribution in [3.63, 3.8) is 0 Å². The molecule has 29 heavy (non-hydrogen) atoms. The number of carbonyl (C=O) groups is 1. The second-order valence-corrected chi connectivity index (χ2v) is 7.36. The summed E-state index contributed by atoms with van der Waals surface area (Å²) in [6, 6.07) is 11.7. The predicted octanol–water partition coefficient (Wildman–Crippen LogP) is 2.45. The maximum absolute atomic E-state index is 12.5. The molecule has 2 fully saturated rings. The smallest absolute Gasteiger partial charge is 0.246 e. The van der Waals surface area contributed by atoms with Crippen molar-refractivity contribution < 1.29 is 9.53 Å². The molecular weight excluding hydrogens is 366 g/mol. The van der Waals surface area contributed by atoms with Gasteiger partial charge in [0.1, 0.15) is 5.75 Å². The molecule has 3 heterocycles. The number of methoxy groups -OCH3 is 1. The average Bonchev–Trinajstić information content (AvgIpc) is 3.33. The number of amides is 1. The van der Waals surface area contributed by atoms with Crippen LogP contribution in [0.3, 0.4) is 0 Å². The van der Waals surface area contributed by atoms with Crippen molar-refractivity contribution in [1.82, 2.24) is 15.1 Å². The third kappa shape index (κ3) is 4.67. The van der Waals surface area contributed by atoms with Gasteiger partial charge in [0.2, 0.25) is 5.91 Å². The molecule has 1 aromatic carbocycles. The number of piperazine rings is 1. The fourth-order valence-electron chi connectivity index (χ4n) is 3.75. The molecule has 2 aliphatic rings. The maximum atomic E-state index is 12.5. The number of hydrogen-bond acceptors (Lipinski definition) is 6. The molecule has 2 aliphatic heterocycles. The molecule has 0 spiro atoms. The van der Waals surface area contributed by atoms with Crippen LogP contribution in [0.25, 0.3) is 6.08 Å². The molecule has 0 radical (unpaired) electrons. The molecule has 0 atom stereocenters. The Bertz CT molecular complexity index is 837. The van der Waals surface area contributed by atoms with E-state index in [0.29, 0.717) is 13.1 Å². The van der Waals surface area contributed by atoms with Crippen molar-refractivity contribution in [2.45, 2.75) is 12.8 Å². The van der Waals surface area contributed by atoms with E-state index in [9.17, 15) is 4.79 Å². The van der Waals surface area contributed by atoms with E-state index in [1.54, 1.807) is 13.2 Å². The third-order valence-electron chi connectivity index (χ3n) is 5.52. The van der Waals surface area contributed by atoms with Crippen LogP contribution in [0.5, 0.6) is 5.75 Å². The standard InChI is InChI=1S/C22H27N5O2/c1-29-19-7-4-18(5-8-19)6-11-22(28)27-16-14-26(15-17-27)21-10-9-20(23-24-21)25-12-2-3-13-25/h4-11H,2-3,12-17H2,1H3/b11-6+. The monoisotopic (exact) mass is 393 g/mol. The molecular formula is C22H27N5O2. The normalized spacial score (nSPS) is 17.2. The fourth-order valence-corrected chi connectivity index (χ4v) is 3.75. The van der Waals surface area contributed by atoms with E-state index in [1.165, 1.54) is 12.8 Å². The number of benzene rings is 1. The first-order chi connectivity index (χ1) is 14.2. The SMILES string of the molecule is COc1ccc(/C=C/C(=O)N2CCN(c3ccc(N4CCCC4)nn3)CC2)cc1. The van der Waals surface area contributed by atoms with Crippen LogP contribution in [0, 0.1) is 0 Å². The number of nitrogens with zero attached hydrogens (tertiary/aromatic N) is 5. The lowest BCUT2D eigenvalue weighted by molar-refractivity contribution is -0.126. The Hall–Kier alpha value is -3.09. The second-order valence-electron chi connectivity index (χ2n) is 7.36. The summed E-state index contributed by atoms with van der Waals surface area (Å²) in [7, 11) is 1.64. The molecule has 1 amide bonds. The Labute approximate surface area is 171 Å². The Morgan fingerprint density at radius 3 is 2.00 bits per heavy atom. The van der Waals surface area contributed by atoms with Crippen molar-refractivity contribution in [3.8, 4) is 5.75 Å². The molecule has 2 saturated heterocycles. The number of aromatic nitrogens is 2. The molecule has 0 saturated carbocycles. The van der Waals surface area contributed by atoms with Crippen molar-refractivity contribution in [3.05, 3.63) is 48.0 Å². The van der Waals surface area contributed by atoms with Gasteiger partial charge in [-0.25, -0.2) is 0 Å². The van der Waals surface area contributed by atoms with Gasteiger partial charge >= 0.3 is 0 Å². The summed E-state index contributed by atoms with van der Waals surface area (Å²) in [5.74, 6) is 2.69. The van der Waals surface area contributed by atoms with Gasteiger partial charge in [-0.15, -0.1) is 10.2 Å². The zero-order valence-electron chi connectivity index (χ0n) is 16.8. The molecule has 0 N–H and O–H groups in total. The van der Waals surface area contributed by atoms with E-state index in [2.05, 4.69) is 26.1 Å². The van der Waals surface area contributed by atoms with Crippen LogP contribution in [-0.4, -0.2) is 67.4 Å². The van der Waals surface area contributed by atoms with Gasteiger partial charge in [0.15, 0.2) is 11.6 Å². The fraction of sp³-hybridized carbons (Fsp3) is 0.409. The van der Waals surface area contributed by atoms with E-state index in [-0.39, 0.29) is 5.91 Å². The van der Waals surface area contributed by atoms with Gasteiger partial charge in [-0.05, 0) is 48.7 Å². The van der Waals surface area contributed by atoms with Crippen LogP contribution in [0.4, 0.5) is 11.6 Å². The number of carbonyl (C=O) groups excluding carboxylic acids is 1. The minimum Gasteiger partial charge on any atom is -0.497 e. The largest absolute Gasteiger partial charge is 0.497 e. The highest BCUT2D eigenvalue weighted by Crippen LogP contribution is 2.20. The molecule has 1 aromatic heterocycles. The maximum Gasteiger partial charge on any atom is 0.246 e. The topological polar surface area (TPSA) is 61.8 Å². The summed E-state index contributed by atoms with van der Waals surface area (Å²) >= 11 is 0. The Balaban J connectivity index is 1.29. The number of ether oxygens (including phenoxy) is 1. The lowest BCUT2D eigenvalue weighted by Gasteiger charge is -2.34. The minimum atomic E-state index is 0.0379. The van der Waals surface area contributed by atoms with Gasteiger partial charge in [-0.1, -0.05) is 12.1 Å². The number of rotatable bonds is 5. The molecule has 2 aromatic rings. The van der Waals surface area contributed by atoms with Crippen molar-refractivity contribution >= 4 is 23.6 Å². The van der Waals surface area contributed by atoms with Gasteiger partial charge in [0.25, 0.3) is 0 Å². The number of anilines is 2. The van der Waals surface area contributed by atoms with Crippen molar-refractivity contribution in [2.24, 2.45) is 0 Å². The molecule has 7 nitrogen and oxygen atoms in total. The van der Waals surface area contributed by atoms with Crippen LogP contribution in [0.2, 0.25) is 0 Å². The van der Waals surface area contributed by atoms with Crippen molar-refractivity contribution in [2.75, 3.05) is 56.2 Å². The third-order valence-corrected chi connectivity index (χ3v) is 5.52. The molecule has 7 heteroatoms. The highest BCUT2D eigenvalue weighted by Gasteiger charge is 2.21. The first kappa shape index (κ1) is 19.2. The van der Waals surface area contributed by atoms with Crippen LogP contribution < -0.4 is 14.5 Å². The summed E-state index contributed by atoms with van der Waals surface area (Å²) in [4.78, 5) is 18.8. The van der Waals surface area contributed by atoms with Crippen LogP contribution in [-0.2, 0) is 4.79 Å². The lowest BCUT2D eigenvalue weighted by atomic mass is 10.2. The lowest BCUT2D eigenvalue weighted by Crippen LogP contribution is -2.48. The molecule has 152 valence electrons. The summed E-state index contributed by atoms with van der Waals surface area (Å²) in [6.07, 6.45) is 5.94. The van der Waals surface area contributed by atoms with Crippen molar-refractivity contribution in [1.29, 1.82) is 0 Å². The number of hydrogen-bond donors (Lipinski definition) is 0. The molecule has 4 rings (SSSR count). The summed E-state index contributed by atoms with van der Waals surface area (Å²) in [5.41, 5.74) is 0.978. The zero-order chi connectivity index (χ0) is 20.1. The first-order valence-corrected chi connectivity index (χ1v) is 10.2. The summed E-state index contributed by atoms with van der Waals surface area (Å²) in [6.45, 7) is 5.03. The predicted molar refractivity (Wildman–Crippen MR) is 114 cm³/mol. The van der Waals surface area contributed by atoms with Crippen LogP contribution in [0.15, 0.2) is 42.5 Å². The van der Waals surface area contributed by atoms with Gasteiger partial charge < -0.3 is 19.4 Å². The average molecular weight is 393 g/mol. The highest BCUT2D eigenvalue weighted by molar-refractivity contribution is 5.92. The van der Waals surface area contributed by atoms with Crippen LogP contribution in [0.1, 0.15) is 18.4 Å². The van der Waals surface area contributed by atoms with E-state index in [4.69, 9.17) is 4.74 Å². The van der Waals surface area contributed by atoms with Gasteiger partial charge in [-0.2, -0.15) is 0 Å². The molecule has 0 unspecified atom stereocenters. The van der Waals surface area contributed by atoms with E-state index in [1.807, 2.05) is 41.3 Å². The summed E-state index contributed by atoms with van der Waals surface area (Å²) < 4.78 is 5.15.